The summed E-state index contributed by atoms with van der Waals surface area (Å²) >= 11 is 1.65. The monoisotopic (exact) mass is 202 g/mol. The van der Waals surface area contributed by atoms with E-state index in [0.29, 0.717) is 0 Å². The highest BCUT2D eigenvalue weighted by Gasteiger charge is 2.04. The summed E-state index contributed by atoms with van der Waals surface area (Å²) in [7, 11) is 0. The molecule has 0 saturated heterocycles. The molecule has 0 unspecified atom stereocenters. The lowest BCUT2D eigenvalue weighted by atomic mass is 10.0. The van der Waals surface area contributed by atoms with Gasteiger partial charge in [-0.1, -0.05) is 23.8 Å². The van der Waals surface area contributed by atoms with Crippen molar-refractivity contribution in [3.05, 3.63) is 46.8 Å². The summed E-state index contributed by atoms with van der Waals surface area (Å²) in [6.07, 6.45) is 0.919. The SMILES string of the molecule is Cc1ccc(-c2cccs2)c(C=O)c1. The third kappa shape index (κ3) is 1.61. The van der Waals surface area contributed by atoms with Crippen LogP contribution in [0.3, 0.4) is 0 Å². The number of carbonyl (C=O) groups is 1. The summed E-state index contributed by atoms with van der Waals surface area (Å²) in [5.74, 6) is 0. The molecule has 0 aliphatic rings. The molecule has 0 saturated carbocycles. The fraction of sp³-hybridized carbons (Fsp3) is 0.0833. The Morgan fingerprint density at radius 1 is 1.29 bits per heavy atom. The molecule has 14 heavy (non-hydrogen) atoms. The minimum atomic E-state index is 0.771. The molecule has 0 bridgehead atoms. The van der Waals surface area contributed by atoms with Gasteiger partial charge in [0.1, 0.15) is 0 Å². The highest BCUT2D eigenvalue weighted by atomic mass is 32.1. The average Bonchev–Trinajstić information content (AvgIpc) is 2.70. The summed E-state index contributed by atoms with van der Waals surface area (Å²) in [5, 5.41) is 2.02. The lowest BCUT2D eigenvalue weighted by molar-refractivity contribution is 0.112. The van der Waals surface area contributed by atoms with Crippen LogP contribution in [-0.4, -0.2) is 6.29 Å². The van der Waals surface area contributed by atoms with Gasteiger partial charge in [-0.25, -0.2) is 0 Å². The van der Waals surface area contributed by atoms with E-state index in [1.807, 2.05) is 42.6 Å². The molecule has 70 valence electrons. The van der Waals surface area contributed by atoms with Crippen molar-refractivity contribution in [1.29, 1.82) is 0 Å². The zero-order valence-electron chi connectivity index (χ0n) is 7.86. The summed E-state index contributed by atoms with van der Waals surface area (Å²) < 4.78 is 0. The first-order chi connectivity index (χ1) is 6.81. The lowest BCUT2D eigenvalue weighted by Crippen LogP contribution is -1.86. The predicted molar refractivity (Wildman–Crippen MR) is 59.9 cm³/mol. The summed E-state index contributed by atoms with van der Waals surface area (Å²) in [4.78, 5) is 12.0. The van der Waals surface area contributed by atoms with Crippen LogP contribution in [0.5, 0.6) is 0 Å². The number of benzene rings is 1. The quantitative estimate of drug-likeness (QED) is 0.681. The van der Waals surface area contributed by atoms with E-state index in [0.717, 1.165) is 27.9 Å². The molecule has 0 fully saturated rings. The maximum absolute atomic E-state index is 10.9. The molecule has 2 aromatic rings. The topological polar surface area (TPSA) is 17.1 Å². The molecule has 1 nitrogen and oxygen atoms in total. The number of carbonyl (C=O) groups excluding carboxylic acids is 1. The van der Waals surface area contributed by atoms with Gasteiger partial charge in [-0.05, 0) is 24.4 Å². The van der Waals surface area contributed by atoms with E-state index in [-0.39, 0.29) is 0 Å². The van der Waals surface area contributed by atoms with E-state index in [2.05, 4.69) is 0 Å². The number of hydrogen-bond acceptors (Lipinski definition) is 2. The van der Waals surface area contributed by atoms with Crippen LogP contribution >= 0.6 is 11.3 Å². The van der Waals surface area contributed by atoms with Gasteiger partial charge in [-0.2, -0.15) is 0 Å². The van der Waals surface area contributed by atoms with Gasteiger partial charge in [0, 0.05) is 16.0 Å². The Balaban J connectivity index is 2.58. The molecular weight excluding hydrogens is 192 g/mol. The van der Waals surface area contributed by atoms with E-state index >= 15 is 0 Å². The molecule has 0 aliphatic carbocycles. The Bertz CT molecular complexity index is 443. The standard InChI is InChI=1S/C12H10OS/c1-9-4-5-11(10(7-9)8-13)12-3-2-6-14-12/h2-8H,1H3. The number of hydrogen-bond donors (Lipinski definition) is 0. The van der Waals surface area contributed by atoms with Gasteiger partial charge >= 0.3 is 0 Å². The summed E-state index contributed by atoms with van der Waals surface area (Å²) in [5.41, 5.74) is 2.92. The van der Waals surface area contributed by atoms with Crippen molar-refractivity contribution >= 4 is 17.6 Å². The highest BCUT2D eigenvalue weighted by molar-refractivity contribution is 7.13. The third-order valence-electron chi connectivity index (χ3n) is 2.12. The van der Waals surface area contributed by atoms with Crippen molar-refractivity contribution in [3.63, 3.8) is 0 Å². The largest absolute Gasteiger partial charge is 0.298 e. The second-order valence-corrected chi connectivity index (χ2v) is 4.13. The van der Waals surface area contributed by atoms with Gasteiger partial charge in [0.05, 0.1) is 0 Å². The molecule has 0 aliphatic heterocycles. The molecule has 1 aromatic carbocycles. The van der Waals surface area contributed by atoms with E-state index < -0.39 is 0 Å². The van der Waals surface area contributed by atoms with Crippen LogP contribution in [0.2, 0.25) is 0 Å². The number of rotatable bonds is 2. The van der Waals surface area contributed by atoms with Gasteiger partial charge in [-0.3, -0.25) is 4.79 Å². The highest BCUT2D eigenvalue weighted by Crippen LogP contribution is 2.27. The molecule has 1 heterocycles. The maximum atomic E-state index is 10.9. The van der Waals surface area contributed by atoms with Gasteiger partial charge in [0.25, 0.3) is 0 Å². The Morgan fingerprint density at radius 3 is 2.79 bits per heavy atom. The minimum Gasteiger partial charge on any atom is -0.298 e. The Hall–Kier alpha value is -1.41. The molecule has 0 N–H and O–H groups in total. The second kappa shape index (κ2) is 3.76. The first kappa shape index (κ1) is 9.16. The van der Waals surface area contributed by atoms with Crippen LogP contribution in [0.15, 0.2) is 35.7 Å². The average molecular weight is 202 g/mol. The van der Waals surface area contributed by atoms with E-state index in [1.165, 1.54) is 0 Å². The molecule has 0 spiro atoms. The van der Waals surface area contributed by atoms with Crippen molar-refractivity contribution in [2.24, 2.45) is 0 Å². The van der Waals surface area contributed by atoms with E-state index in [9.17, 15) is 4.79 Å². The molecule has 0 amide bonds. The van der Waals surface area contributed by atoms with Crippen molar-refractivity contribution in [2.45, 2.75) is 6.92 Å². The van der Waals surface area contributed by atoms with Gasteiger partial charge in [0.2, 0.25) is 0 Å². The Morgan fingerprint density at radius 2 is 2.14 bits per heavy atom. The van der Waals surface area contributed by atoms with Crippen LogP contribution in [0.25, 0.3) is 10.4 Å². The normalized spacial score (nSPS) is 10.1. The van der Waals surface area contributed by atoms with Crippen molar-refractivity contribution < 1.29 is 4.79 Å². The van der Waals surface area contributed by atoms with Gasteiger partial charge in [0.15, 0.2) is 6.29 Å². The van der Waals surface area contributed by atoms with Crippen molar-refractivity contribution in [3.8, 4) is 10.4 Å². The van der Waals surface area contributed by atoms with Gasteiger partial charge in [-0.15, -0.1) is 11.3 Å². The second-order valence-electron chi connectivity index (χ2n) is 3.19. The van der Waals surface area contributed by atoms with Crippen molar-refractivity contribution in [1.82, 2.24) is 0 Å². The fourth-order valence-electron chi connectivity index (χ4n) is 1.44. The molecule has 2 rings (SSSR count). The van der Waals surface area contributed by atoms with E-state index in [1.54, 1.807) is 11.3 Å². The Kier molecular flexibility index (Phi) is 2.46. The molecule has 2 heteroatoms. The molecule has 1 aromatic heterocycles. The number of aryl methyl sites for hydroxylation is 1. The first-order valence-corrected chi connectivity index (χ1v) is 5.29. The third-order valence-corrected chi connectivity index (χ3v) is 3.02. The number of aldehydes is 1. The fourth-order valence-corrected chi connectivity index (χ4v) is 2.21. The van der Waals surface area contributed by atoms with Crippen LogP contribution < -0.4 is 0 Å². The molecule has 0 atom stereocenters. The van der Waals surface area contributed by atoms with Crippen LogP contribution in [-0.2, 0) is 0 Å². The Labute approximate surface area is 87.0 Å². The lowest BCUT2D eigenvalue weighted by Gasteiger charge is -2.02. The van der Waals surface area contributed by atoms with Crippen LogP contribution in [0, 0.1) is 6.92 Å². The van der Waals surface area contributed by atoms with Crippen LogP contribution in [0.4, 0.5) is 0 Å². The minimum absolute atomic E-state index is 0.771. The molecular formula is C12H10OS. The number of thiophene rings is 1. The van der Waals surface area contributed by atoms with E-state index in [4.69, 9.17) is 0 Å². The zero-order chi connectivity index (χ0) is 9.97. The van der Waals surface area contributed by atoms with Gasteiger partial charge < -0.3 is 0 Å². The smallest absolute Gasteiger partial charge is 0.150 e. The maximum Gasteiger partial charge on any atom is 0.150 e. The van der Waals surface area contributed by atoms with Crippen LogP contribution in [0.1, 0.15) is 15.9 Å². The van der Waals surface area contributed by atoms with Crippen molar-refractivity contribution in [2.75, 3.05) is 0 Å². The first-order valence-electron chi connectivity index (χ1n) is 4.41. The summed E-state index contributed by atoms with van der Waals surface area (Å²) in [6, 6.07) is 9.98. The zero-order valence-corrected chi connectivity index (χ0v) is 8.67. The predicted octanol–water partition coefficient (Wildman–Crippen LogP) is 3.54. The molecule has 0 radical (unpaired) electrons. The summed E-state index contributed by atoms with van der Waals surface area (Å²) in [6.45, 7) is 1.99.